The number of hydrogen-bond acceptors (Lipinski definition) is 2. The van der Waals surface area contributed by atoms with E-state index in [0.717, 1.165) is 25.4 Å². The number of terminal acetylenes is 1. The van der Waals surface area contributed by atoms with Gasteiger partial charge in [-0.25, -0.2) is 0 Å². The van der Waals surface area contributed by atoms with Gasteiger partial charge >= 0.3 is 0 Å². The Hall–Kier alpha value is -0.520. The van der Waals surface area contributed by atoms with E-state index in [2.05, 4.69) is 16.6 Å². The molecule has 0 aliphatic carbocycles. The fourth-order valence-electron chi connectivity index (χ4n) is 1.55. The van der Waals surface area contributed by atoms with Gasteiger partial charge in [0, 0.05) is 13.0 Å². The van der Waals surface area contributed by atoms with Gasteiger partial charge in [0.05, 0.1) is 0 Å². The Morgan fingerprint density at radius 3 is 2.83 bits per heavy atom. The van der Waals surface area contributed by atoms with Crippen LogP contribution in [0.4, 0.5) is 0 Å². The molecule has 68 valence electrons. The van der Waals surface area contributed by atoms with Crippen LogP contribution in [0.2, 0.25) is 0 Å². The van der Waals surface area contributed by atoms with E-state index >= 15 is 0 Å². The zero-order valence-electron chi connectivity index (χ0n) is 7.60. The third-order valence-corrected chi connectivity index (χ3v) is 2.34. The van der Waals surface area contributed by atoms with Gasteiger partial charge in [0.25, 0.3) is 0 Å². The summed E-state index contributed by atoms with van der Waals surface area (Å²) in [5.41, 5.74) is 0. The molecule has 0 unspecified atom stereocenters. The first-order valence-corrected chi connectivity index (χ1v) is 4.78. The van der Waals surface area contributed by atoms with E-state index < -0.39 is 0 Å². The fourth-order valence-corrected chi connectivity index (χ4v) is 1.55. The van der Waals surface area contributed by atoms with Gasteiger partial charge in [0.2, 0.25) is 0 Å². The average molecular weight is 166 g/mol. The van der Waals surface area contributed by atoms with Crippen molar-refractivity contribution < 1.29 is 0 Å². The largest absolute Gasteiger partial charge is 0.317 e. The maximum atomic E-state index is 5.15. The molecule has 12 heavy (non-hydrogen) atoms. The van der Waals surface area contributed by atoms with E-state index in [1.54, 1.807) is 0 Å². The summed E-state index contributed by atoms with van der Waals surface area (Å²) in [6, 6.07) is 0. The first-order chi connectivity index (χ1) is 5.93. The third-order valence-electron chi connectivity index (χ3n) is 2.34. The summed E-state index contributed by atoms with van der Waals surface area (Å²) in [6.07, 6.45) is 8.62. The van der Waals surface area contributed by atoms with Crippen LogP contribution in [0.25, 0.3) is 0 Å². The maximum absolute atomic E-state index is 5.15. The summed E-state index contributed by atoms with van der Waals surface area (Å²) < 4.78 is 0. The highest BCUT2D eigenvalue weighted by atomic mass is 14.9. The van der Waals surface area contributed by atoms with Gasteiger partial charge in [-0.15, -0.1) is 12.3 Å². The Morgan fingerprint density at radius 1 is 1.42 bits per heavy atom. The smallest absolute Gasteiger partial charge is 0.0211 e. The SMILES string of the molecule is C#CCCNCC1CCNCC1. The molecule has 0 aromatic heterocycles. The predicted molar refractivity (Wildman–Crippen MR) is 51.9 cm³/mol. The predicted octanol–water partition coefficient (Wildman–Crippen LogP) is 0.599. The summed E-state index contributed by atoms with van der Waals surface area (Å²) in [4.78, 5) is 0. The van der Waals surface area contributed by atoms with Crippen molar-refractivity contribution >= 4 is 0 Å². The molecule has 1 rings (SSSR count). The van der Waals surface area contributed by atoms with Crippen molar-refractivity contribution in [1.82, 2.24) is 10.6 Å². The molecule has 1 aliphatic heterocycles. The standard InChI is InChI=1S/C10H18N2/c1-2-3-6-12-9-10-4-7-11-8-5-10/h1,10-12H,3-9H2. The normalized spacial score (nSPS) is 18.9. The highest BCUT2D eigenvalue weighted by Gasteiger charge is 2.11. The van der Waals surface area contributed by atoms with E-state index in [1.807, 2.05) is 0 Å². The fraction of sp³-hybridized carbons (Fsp3) is 0.800. The summed E-state index contributed by atoms with van der Waals surface area (Å²) in [5.74, 6) is 3.50. The summed E-state index contributed by atoms with van der Waals surface area (Å²) >= 11 is 0. The Kier molecular flexibility index (Phi) is 4.82. The molecule has 1 heterocycles. The lowest BCUT2D eigenvalue weighted by Gasteiger charge is -2.22. The highest BCUT2D eigenvalue weighted by molar-refractivity contribution is 4.84. The van der Waals surface area contributed by atoms with Crippen LogP contribution in [-0.4, -0.2) is 26.2 Å². The second kappa shape index (κ2) is 6.05. The summed E-state index contributed by atoms with van der Waals surface area (Å²) in [5, 5.41) is 6.74. The van der Waals surface area contributed by atoms with Gasteiger partial charge in [0.15, 0.2) is 0 Å². The van der Waals surface area contributed by atoms with E-state index in [4.69, 9.17) is 6.42 Å². The number of nitrogens with one attached hydrogen (secondary N) is 2. The third kappa shape index (κ3) is 3.75. The van der Waals surface area contributed by atoms with Crippen molar-refractivity contribution in [3.63, 3.8) is 0 Å². The lowest BCUT2D eigenvalue weighted by molar-refractivity contribution is 0.358. The molecule has 0 radical (unpaired) electrons. The first kappa shape index (κ1) is 9.57. The summed E-state index contributed by atoms with van der Waals surface area (Å²) in [6.45, 7) is 4.48. The molecule has 0 saturated carbocycles. The highest BCUT2D eigenvalue weighted by Crippen LogP contribution is 2.09. The minimum Gasteiger partial charge on any atom is -0.317 e. The molecular formula is C10H18N2. The van der Waals surface area contributed by atoms with Crippen molar-refractivity contribution in [3.8, 4) is 12.3 Å². The van der Waals surface area contributed by atoms with Crippen molar-refractivity contribution in [3.05, 3.63) is 0 Å². The number of piperidine rings is 1. The minimum atomic E-state index is 0.852. The molecule has 1 saturated heterocycles. The van der Waals surface area contributed by atoms with Gasteiger partial charge in [0.1, 0.15) is 0 Å². The summed E-state index contributed by atoms with van der Waals surface area (Å²) in [7, 11) is 0. The molecule has 0 atom stereocenters. The molecule has 2 N–H and O–H groups in total. The molecular weight excluding hydrogens is 148 g/mol. The second-order valence-electron chi connectivity index (χ2n) is 3.35. The van der Waals surface area contributed by atoms with Gasteiger partial charge in [-0.1, -0.05) is 0 Å². The molecule has 1 fully saturated rings. The van der Waals surface area contributed by atoms with Crippen LogP contribution in [0.3, 0.4) is 0 Å². The van der Waals surface area contributed by atoms with Crippen molar-refractivity contribution in [2.75, 3.05) is 26.2 Å². The lowest BCUT2D eigenvalue weighted by atomic mass is 9.98. The van der Waals surface area contributed by atoms with Gasteiger partial charge in [-0.2, -0.15) is 0 Å². The zero-order valence-corrected chi connectivity index (χ0v) is 7.60. The molecule has 0 bridgehead atoms. The van der Waals surface area contributed by atoms with E-state index in [-0.39, 0.29) is 0 Å². The van der Waals surface area contributed by atoms with Gasteiger partial charge < -0.3 is 10.6 Å². The van der Waals surface area contributed by atoms with Crippen molar-refractivity contribution in [2.45, 2.75) is 19.3 Å². The number of rotatable bonds is 4. The zero-order chi connectivity index (χ0) is 8.65. The van der Waals surface area contributed by atoms with E-state index in [1.165, 1.54) is 25.9 Å². The Balaban J connectivity index is 1.95. The molecule has 2 nitrogen and oxygen atoms in total. The Labute approximate surface area is 75.1 Å². The second-order valence-corrected chi connectivity index (χ2v) is 3.35. The van der Waals surface area contributed by atoms with E-state index in [0.29, 0.717) is 0 Å². The van der Waals surface area contributed by atoms with Crippen LogP contribution in [-0.2, 0) is 0 Å². The molecule has 0 aromatic carbocycles. The Bertz CT molecular complexity index is 142. The van der Waals surface area contributed by atoms with Crippen molar-refractivity contribution in [2.24, 2.45) is 5.92 Å². The van der Waals surface area contributed by atoms with Gasteiger partial charge in [-0.05, 0) is 38.4 Å². The Morgan fingerprint density at radius 2 is 2.17 bits per heavy atom. The monoisotopic (exact) mass is 166 g/mol. The molecule has 2 heteroatoms. The number of hydrogen-bond donors (Lipinski definition) is 2. The van der Waals surface area contributed by atoms with Crippen LogP contribution in [0.15, 0.2) is 0 Å². The average Bonchev–Trinajstić information content (AvgIpc) is 2.14. The maximum Gasteiger partial charge on any atom is 0.0211 e. The van der Waals surface area contributed by atoms with Crippen LogP contribution >= 0.6 is 0 Å². The van der Waals surface area contributed by atoms with Crippen molar-refractivity contribution in [1.29, 1.82) is 0 Å². The lowest BCUT2D eigenvalue weighted by Crippen LogP contribution is -2.33. The minimum absolute atomic E-state index is 0.852. The molecule has 0 aromatic rings. The van der Waals surface area contributed by atoms with Crippen LogP contribution in [0.5, 0.6) is 0 Å². The topological polar surface area (TPSA) is 24.1 Å². The molecule has 0 amide bonds. The molecule has 0 spiro atoms. The molecule has 1 aliphatic rings. The van der Waals surface area contributed by atoms with Crippen LogP contribution in [0.1, 0.15) is 19.3 Å². The quantitative estimate of drug-likeness (QED) is 0.472. The van der Waals surface area contributed by atoms with E-state index in [9.17, 15) is 0 Å². The van der Waals surface area contributed by atoms with Gasteiger partial charge in [-0.3, -0.25) is 0 Å². The van der Waals surface area contributed by atoms with Crippen LogP contribution < -0.4 is 10.6 Å². The first-order valence-electron chi connectivity index (χ1n) is 4.78. The van der Waals surface area contributed by atoms with Crippen LogP contribution in [0, 0.1) is 18.3 Å².